The Morgan fingerprint density at radius 1 is 1.18 bits per heavy atom. The van der Waals surface area contributed by atoms with Crippen molar-refractivity contribution in [1.29, 1.82) is 0 Å². The fourth-order valence-corrected chi connectivity index (χ4v) is 5.16. The van der Waals surface area contributed by atoms with Crippen LogP contribution in [0.4, 0.5) is 0 Å². The SMILES string of the molecule is CC1CN(Cc2ccc(C(=O)N(C)C)cc2)CC1c1nn2c(C3CCOCC3)ncc2c(=O)[nH]1. The van der Waals surface area contributed by atoms with Gasteiger partial charge in [0, 0.05) is 64.3 Å². The highest BCUT2D eigenvalue weighted by Gasteiger charge is 2.33. The lowest BCUT2D eigenvalue weighted by atomic mass is 9.97. The summed E-state index contributed by atoms with van der Waals surface area (Å²) in [7, 11) is 3.52. The molecule has 2 fully saturated rings. The minimum Gasteiger partial charge on any atom is -0.381 e. The van der Waals surface area contributed by atoms with Gasteiger partial charge in [0.1, 0.15) is 11.6 Å². The van der Waals surface area contributed by atoms with Crippen LogP contribution < -0.4 is 5.56 Å². The zero-order valence-corrected chi connectivity index (χ0v) is 20.0. The first-order valence-electron chi connectivity index (χ1n) is 12.0. The van der Waals surface area contributed by atoms with Crippen molar-refractivity contribution in [1.82, 2.24) is 29.4 Å². The van der Waals surface area contributed by atoms with Crippen LogP contribution in [0, 0.1) is 5.92 Å². The van der Waals surface area contributed by atoms with Crippen LogP contribution in [0.3, 0.4) is 0 Å². The van der Waals surface area contributed by atoms with Gasteiger partial charge in [-0.05, 0) is 36.5 Å². The highest BCUT2D eigenvalue weighted by Crippen LogP contribution is 2.32. The lowest BCUT2D eigenvalue weighted by Crippen LogP contribution is -2.24. The van der Waals surface area contributed by atoms with E-state index in [4.69, 9.17) is 9.84 Å². The number of aromatic nitrogens is 4. The van der Waals surface area contributed by atoms with Crippen LogP contribution in [0.1, 0.15) is 59.2 Å². The molecule has 180 valence electrons. The maximum absolute atomic E-state index is 12.8. The van der Waals surface area contributed by atoms with E-state index in [9.17, 15) is 9.59 Å². The molecule has 3 aromatic rings. The van der Waals surface area contributed by atoms with E-state index in [1.54, 1.807) is 29.7 Å². The largest absolute Gasteiger partial charge is 0.381 e. The van der Waals surface area contributed by atoms with Crippen LogP contribution in [0.5, 0.6) is 0 Å². The summed E-state index contributed by atoms with van der Waals surface area (Å²) in [4.78, 5) is 36.5. The summed E-state index contributed by atoms with van der Waals surface area (Å²) < 4.78 is 7.26. The van der Waals surface area contributed by atoms with E-state index in [0.717, 1.165) is 49.7 Å². The van der Waals surface area contributed by atoms with Gasteiger partial charge < -0.3 is 14.6 Å². The summed E-state index contributed by atoms with van der Waals surface area (Å²) >= 11 is 0. The molecule has 0 radical (unpaired) electrons. The van der Waals surface area contributed by atoms with E-state index in [1.165, 1.54) is 0 Å². The number of ether oxygens (including phenoxy) is 1. The maximum atomic E-state index is 12.8. The van der Waals surface area contributed by atoms with Gasteiger partial charge in [0.05, 0.1) is 6.20 Å². The third kappa shape index (κ3) is 4.37. The molecule has 2 atom stereocenters. The minimum atomic E-state index is -0.136. The summed E-state index contributed by atoms with van der Waals surface area (Å²) in [5.41, 5.74) is 2.22. The zero-order valence-electron chi connectivity index (χ0n) is 20.0. The molecule has 2 aliphatic rings. The molecule has 0 bridgehead atoms. The molecular formula is C25H32N6O3. The Bertz CT molecular complexity index is 1230. The standard InChI is InChI=1S/C25H32N6O3/c1-16-13-30(14-17-4-6-19(7-5-17)25(33)29(2)3)15-20(16)22-27-24(32)21-12-26-23(31(21)28-22)18-8-10-34-11-9-18/h4-7,12,16,18,20H,8-11,13-15H2,1-3H3,(H,27,28,32). The van der Waals surface area contributed by atoms with Gasteiger partial charge in [-0.25, -0.2) is 9.50 Å². The van der Waals surface area contributed by atoms with Gasteiger partial charge in [-0.3, -0.25) is 14.5 Å². The number of benzene rings is 1. The molecule has 0 saturated carbocycles. The lowest BCUT2D eigenvalue weighted by Gasteiger charge is -2.21. The molecule has 2 saturated heterocycles. The van der Waals surface area contributed by atoms with Crippen molar-refractivity contribution in [2.24, 2.45) is 5.92 Å². The number of fused-ring (bicyclic) bond motifs is 1. The van der Waals surface area contributed by atoms with Crippen molar-refractivity contribution in [2.45, 2.75) is 38.1 Å². The Balaban J connectivity index is 1.34. The van der Waals surface area contributed by atoms with Crippen molar-refractivity contribution in [3.05, 3.63) is 63.6 Å². The summed E-state index contributed by atoms with van der Waals surface area (Å²) in [6, 6.07) is 7.82. The molecule has 0 aliphatic carbocycles. The van der Waals surface area contributed by atoms with Gasteiger partial charge in [-0.1, -0.05) is 19.1 Å². The molecule has 5 rings (SSSR count). The first kappa shape index (κ1) is 22.7. The molecule has 4 heterocycles. The molecule has 1 N–H and O–H groups in total. The fourth-order valence-electron chi connectivity index (χ4n) is 5.16. The predicted molar refractivity (Wildman–Crippen MR) is 128 cm³/mol. The Hall–Kier alpha value is -3.04. The fraction of sp³-hybridized carbons (Fsp3) is 0.520. The summed E-state index contributed by atoms with van der Waals surface area (Å²) in [5, 5.41) is 4.88. The third-order valence-electron chi connectivity index (χ3n) is 7.09. The van der Waals surface area contributed by atoms with Gasteiger partial charge in [-0.2, -0.15) is 5.10 Å². The summed E-state index contributed by atoms with van der Waals surface area (Å²) in [6.07, 6.45) is 3.43. The number of nitrogens with zero attached hydrogens (tertiary/aromatic N) is 5. The first-order chi connectivity index (χ1) is 16.4. The first-order valence-corrected chi connectivity index (χ1v) is 12.0. The zero-order chi connectivity index (χ0) is 23.8. The van der Waals surface area contributed by atoms with E-state index < -0.39 is 0 Å². The molecule has 34 heavy (non-hydrogen) atoms. The molecule has 2 aliphatic heterocycles. The molecule has 9 nitrogen and oxygen atoms in total. The summed E-state index contributed by atoms with van der Waals surface area (Å²) in [6.45, 7) is 6.17. The number of aromatic amines is 1. The van der Waals surface area contributed by atoms with Gasteiger partial charge in [-0.15, -0.1) is 0 Å². The van der Waals surface area contributed by atoms with Crippen LogP contribution in [0.25, 0.3) is 5.52 Å². The van der Waals surface area contributed by atoms with E-state index in [0.29, 0.717) is 30.2 Å². The molecular weight excluding hydrogens is 432 g/mol. The number of imidazole rings is 1. The van der Waals surface area contributed by atoms with Crippen molar-refractivity contribution in [3.63, 3.8) is 0 Å². The number of hydrogen-bond acceptors (Lipinski definition) is 6. The van der Waals surface area contributed by atoms with Gasteiger partial charge in [0.25, 0.3) is 11.5 Å². The number of rotatable bonds is 5. The molecule has 1 amide bonds. The molecule has 2 aromatic heterocycles. The molecule has 2 unspecified atom stereocenters. The second-order valence-corrected chi connectivity index (χ2v) is 9.81. The number of carbonyl (C=O) groups excluding carboxylic acids is 1. The van der Waals surface area contributed by atoms with Crippen LogP contribution in [-0.2, 0) is 11.3 Å². The van der Waals surface area contributed by atoms with Crippen LogP contribution in [-0.4, -0.2) is 75.7 Å². The molecule has 9 heteroatoms. The highest BCUT2D eigenvalue weighted by molar-refractivity contribution is 5.93. The van der Waals surface area contributed by atoms with Gasteiger partial charge in [0.2, 0.25) is 0 Å². The van der Waals surface area contributed by atoms with Crippen molar-refractivity contribution in [3.8, 4) is 0 Å². The average Bonchev–Trinajstić information content (AvgIpc) is 3.43. The number of nitrogens with one attached hydrogen (secondary N) is 1. The molecule has 0 spiro atoms. The van der Waals surface area contributed by atoms with E-state index in [2.05, 4.69) is 21.8 Å². The second kappa shape index (κ2) is 9.31. The van der Waals surface area contributed by atoms with Crippen LogP contribution in [0.15, 0.2) is 35.3 Å². The maximum Gasteiger partial charge on any atom is 0.276 e. The topological polar surface area (TPSA) is 95.8 Å². The van der Waals surface area contributed by atoms with E-state index >= 15 is 0 Å². The number of H-pyrrole nitrogens is 1. The van der Waals surface area contributed by atoms with Crippen LogP contribution in [0.2, 0.25) is 0 Å². The Labute approximate surface area is 198 Å². The van der Waals surface area contributed by atoms with Crippen molar-refractivity contribution >= 4 is 11.4 Å². The van der Waals surface area contributed by atoms with Gasteiger partial charge >= 0.3 is 0 Å². The minimum absolute atomic E-state index is 0.00598. The lowest BCUT2D eigenvalue weighted by molar-refractivity contribution is 0.0826. The quantitative estimate of drug-likeness (QED) is 0.622. The Kier molecular flexibility index (Phi) is 6.22. The van der Waals surface area contributed by atoms with Crippen LogP contribution >= 0.6 is 0 Å². The number of carbonyl (C=O) groups is 1. The monoisotopic (exact) mass is 464 g/mol. The third-order valence-corrected chi connectivity index (χ3v) is 7.09. The number of amides is 1. The average molecular weight is 465 g/mol. The Morgan fingerprint density at radius 2 is 1.91 bits per heavy atom. The second-order valence-electron chi connectivity index (χ2n) is 9.81. The predicted octanol–water partition coefficient (Wildman–Crippen LogP) is 2.25. The Morgan fingerprint density at radius 3 is 2.62 bits per heavy atom. The van der Waals surface area contributed by atoms with Crippen molar-refractivity contribution < 1.29 is 9.53 Å². The van der Waals surface area contributed by atoms with E-state index in [-0.39, 0.29) is 23.3 Å². The number of likely N-dealkylation sites (tertiary alicyclic amines) is 1. The smallest absolute Gasteiger partial charge is 0.276 e. The normalized spacial score (nSPS) is 21.9. The summed E-state index contributed by atoms with van der Waals surface area (Å²) in [5.74, 6) is 2.35. The number of hydrogen-bond donors (Lipinski definition) is 1. The van der Waals surface area contributed by atoms with Gasteiger partial charge in [0.15, 0.2) is 5.52 Å². The highest BCUT2D eigenvalue weighted by atomic mass is 16.5. The van der Waals surface area contributed by atoms with E-state index in [1.807, 2.05) is 24.3 Å². The van der Waals surface area contributed by atoms with Crippen molar-refractivity contribution in [2.75, 3.05) is 40.4 Å². The molecule has 1 aromatic carbocycles.